The van der Waals surface area contributed by atoms with Crippen LogP contribution in [0.2, 0.25) is 0 Å². The molecule has 1 atom stereocenters. The van der Waals surface area contributed by atoms with Gasteiger partial charge in [0.1, 0.15) is 5.69 Å². The number of anilines is 1. The number of rotatable bonds is 1. The molecular formula is C10H10F4N2. The monoisotopic (exact) mass is 234 g/mol. The molecule has 1 aromatic rings. The molecule has 0 unspecified atom stereocenters. The Morgan fingerprint density at radius 3 is 2.12 bits per heavy atom. The van der Waals surface area contributed by atoms with Crippen LogP contribution in [0.3, 0.4) is 0 Å². The summed E-state index contributed by atoms with van der Waals surface area (Å²) in [6.07, 6.45) is 1.48. The van der Waals surface area contributed by atoms with Crippen LogP contribution in [0.1, 0.15) is 19.8 Å². The first-order valence-electron chi connectivity index (χ1n) is 4.99. The first-order valence-corrected chi connectivity index (χ1v) is 4.99. The first kappa shape index (κ1) is 11.2. The van der Waals surface area contributed by atoms with E-state index in [4.69, 9.17) is 0 Å². The van der Waals surface area contributed by atoms with E-state index in [2.05, 4.69) is 4.98 Å². The van der Waals surface area contributed by atoms with Gasteiger partial charge in [0.05, 0.1) is 0 Å². The second-order valence-corrected chi connectivity index (χ2v) is 3.85. The van der Waals surface area contributed by atoms with Gasteiger partial charge in [0.2, 0.25) is 11.6 Å². The van der Waals surface area contributed by atoms with Crippen LogP contribution in [-0.2, 0) is 0 Å². The van der Waals surface area contributed by atoms with E-state index in [0.29, 0.717) is 6.54 Å². The number of halogens is 4. The van der Waals surface area contributed by atoms with Gasteiger partial charge in [-0.1, -0.05) is 0 Å². The number of hydrogen-bond donors (Lipinski definition) is 0. The van der Waals surface area contributed by atoms with Crippen molar-refractivity contribution in [2.24, 2.45) is 0 Å². The minimum absolute atomic E-state index is 0.134. The largest absolute Gasteiger partial charge is 0.364 e. The van der Waals surface area contributed by atoms with Gasteiger partial charge in [0, 0.05) is 12.6 Å². The molecule has 2 nitrogen and oxygen atoms in total. The molecule has 2 heterocycles. The van der Waals surface area contributed by atoms with E-state index in [0.717, 1.165) is 12.8 Å². The molecule has 1 aromatic heterocycles. The zero-order valence-corrected chi connectivity index (χ0v) is 8.60. The normalized spacial score (nSPS) is 20.6. The Kier molecular flexibility index (Phi) is 2.73. The highest BCUT2D eigenvalue weighted by Gasteiger charge is 2.30. The second kappa shape index (κ2) is 3.92. The Morgan fingerprint density at radius 2 is 1.69 bits per heavy atom. The summed E-state index contributed by atoms with van der Waals surface area (Å²) >= 11 is 0. The summed E-state index contributed by atoms with van der Waals surface area (Å²) in [7, 11) is 0. The maximum atomic E-state index is 13.4. The number of aromatic nitrogens is 1. The van der Waals surface area contributed by atoms with Gasteiger partial charge in [0.25, 0.3) is 11.9 Å². The lowest BCUT2D eigenvalue weighted by Crippen LogP contribution is -2.29. The quantitative estimate of drug-likeness (QED) is 0.548. The van der Waals surface area contributed by atoms with Gasteiger partial charge in [-0.25, -0.2) is 0 Å². The second-order valence-electron chi connectivity index (χ2n) is 3.85. The van der Waals surface area contributed by atoms with Crippen molar-refractivity contribution in [2.45, 2.75) is 25.8 Å². The van der Waals surface area contributed by atoms with Crippen molar-refractivity contribution < 1.29 is 17.6 Å². The summed E-state index contributed by atoms with van der Waals surface area (Å²) in [4.78, 5) is 3.85. The van der Waals surface area contributed by atoms with E-state index in [1.165, 1.54) is 4.90 Å². The van der Waals surface area contributed by atoms with Gasteiger partial charge in [0.15, 0.2) is 0 Å². The third-order valence-corrected chi connectivity index (χ3v) is 2.81. The minimum atomic E-state index is -1.60. The van der Waals surface area contributed by atoms with Gasteiger partial charge >= 0.3 is 0 Å². The topological polar surface area (TPSA) is 16.1 Å². The number of pyridine rings is 1. The van der Waals surface area contributed by atoms with Crippen LogP contribution >= 0.6 is 0 Å². The molecule has 88 valence electrons. The average molecular weight is 234 g/mol. The summed E-state index contributed by atoms with van der Waals surface area (Å²) in [6, 6.07) is -0.134. The van der Waals surface area contributed by atoms with Crippen LogP contribution < -0.4 is 4.90 Å². The van der Waals surface area contributed by atoms with E-state index in [1.807, 2.05) is 0 Å². The van der Waals surface area contributed by atoms with Crippen LogP contribution in [0.5, 0.6) is 0 Å². The minimum Gasteiger partial charge on any atom is -0.364 e. The third-order valence-electron chi connectivity index (χ3n) is 2.81. The van der Waals surface area contributed by atoms with Gasteiger partial charge in [-0.15, -0.1) is 0 Å². The SMILES string of the molecule is C[C@@H]1CCCN1c1c(F)c(F)nc(F)c1F. The molecule has 0 aliphatic carbocycles. The van der Waals surface area contributed by atoms with Crippen LogP contribution in [0.25, 0.3) is 0 Å². The van der Waals surface area contributed by atoms with Crippen molar-refractivity contribution in [1.29, 1.82) is 0 Å². The Hall–Kier alpha value is -1.33. The standard InChI is InChI=1S/C10H10F4N2/c1-5-3-2-4-16(5)8-6(11)9(13)15-10(14)7(8)12/h5H,2-4H2,1H3/t5-/m1/s1. The van der Waals surface area contributed by atoms with E-state index >= 15 is 0 Å². The molecule has 0 spiro atoms. The zero-order chi connectivity index (χ0) is 11.9. The fraction of sp³-hybridized carbons (Fsp3) is 0.500. The summed E-state index contributed by atoms with van der Waals surface area (Å²) < 4.78 is 52.5. The molecule has 0 bridgehead atoms. The van der Waals surface area contributed by atoms with Crippen LogP contribution in [0.15, 0.2) is 0 Å². The Bertz CT molecular complexity index is 396. The van der Waals surface area contributed by atoms with Crippen molar-refractivity contribution in [3.8, 4) is 0 Å². The molecule has 6 heteroatoms. The smallest absolute Gasteiger partial charge is 0.253 e. The first-order chi connectivity index (χ1) is 7.52. The highest BCUT2D eigenvalue weighted by Crippen LogP contribution is 2.31. The van der Waals surface area contributed by atoms with Crippen LogP contribution in [0, 0.1) is 23.5 Å². The van der Waals surface area contributed by atoms with Crippen molar-refractivity contribution in [3.63, 3.8) is 0 Å². The van der Waals surface area contributed by atoms with Crippen molar-refractivity contribution in [2.75, 3.05) is 11.4 Å². The van der Waals surface area contributed by atoms with Gasteiger partial charge in [-0.05, 0) is 19.8 Å². The molecule has 0 amide bonds. The Labute approximate surface area is 89.9 Å². The zero-order valence-electron chi connectivity index (χ0n) is 8.60. The lowest BCUT2D eigenvalue weighted by Gasteiger charge is -2.24. The summed E-state index contributed by atoms with van der Waals surface area (Å²) in [5.74, 6) is -6.05. The Morgan fingerprint density at radius 1 is 1.12 bits per heavy atom. The predicted molar refractivity (Wildman–Crippen MR) is 50.1 cm³/mol. The number of hydrogen-bond acceptors (Lipinski definition) is 2. The molecule has 0 saturated carbocycles. The molecule has 1 aliphatic rings. The average Bonchev–Trinajstić information content (AvgIpc) is 2.63. The van der Waals surface area contributed by atoms with Crippen LogP contribution in [0.4, 0.5) is 23.2 Å². The Balaban J connectivity index is 2.54. The van der Waals surface area contributed by atoms with Gasteiger partial charge in [-0.2, -0.15) is 22.5 Å². The molecule has 0 N–H and O–H groups in total. The molecule has 1 saturated heterocycles. The maximum Gasteiger partial charge on any atom is 0.253 e. The van der Waals surface area contributed by atoms with Crippen LogP contribution in [-0.4, -0.2) is 17.6 Å². The molecule has 0 radical (unpaired) electrons. The van der Waals surface area contributed by atoms with Crippen molar-refractivity contribution in [3.05, 3.63) is 23.5 Å². The fourth-order valence-electron chi connectivity index (χ4n) is 1.99. The number of nitrogens with zero attached hydrogens (tertiary/aromatic N) is 2. The van der Waals surface area contributed by atoms with E-state index in [-0.39, 0.29) is 6.04 Å². The highest BCUT2D eigenvalue weighted by molar-refractivity contribution is 5.50. The van der Waals surface area contributed by atoms with Gasteiger partial charge in [-0.3, -0.25) is 0 Å². The molecule has 1 fully saturated rings. The summed E-state index contributed by atoms with van der Waals surface area (Å²) in [6.45, 7) is 2.14. The molecular weight excluding hydrogens is 224 g/mol. The lowest BCUT2D eigenvalue weighted by molar-refractivity contribution is 0.405. The summed E-state index contributed by atoms with van der Waals surface area (Å²) in [5, 5.41) is 0. The molecule has 1 aliphatic heterocycles. The maximum absolute atomic E-state index is 13.4. The highest BCUT2D eigenvalue weighted by atomic mass is 19.2. The predicted octanol–water partition coefficient (Wildman–Crippen LogP) is 2.63. The molecule has 0 aromatic carbocycles. The van der Waals surface area contributed by atoms with E-state index in [1.54, 1.807) is 6.92 Å². The van der Waals surface area contributed by atoms with E-state index < -0.39 is 29.2 Å². The lowest BCUT2D eigenvalue weighted by atomic mass is 10.2. The van der Waals surface area contributed by atoms with E-state index in [9.17, 15) is 17.6 Å². The molecule has 2 rings (SSSR count). The summed E-state index contributed by atoms with van der Waals surface area (Å²) in [5.41, 5.74) is -0.644. The molecule has 16 heavy (non-hydrogen) atoms. The van der Waals surface area contributed by atoms with Crippen molar-refractivity contribution >= 4 is 5.69 Å². The van der Waals surface area contributed by atoms with Crippen molar-refractivity contribution in [1.82, 2.24) is 4.98 Å². The fourth-order valence-corrected chi connectivity index (χ4v) is 1.99. The van der Waals surface area contributed by atoms with Gasteiger partial charge < -0.3 is 4.90 Å². The third kappa shape index (κ3) is 1.62.